The molecule has 1 atom stereocenters. The van der Waals surface area contributed by atoms with Gasteiger partial charge in [-0.2, -0.15) is 0 Å². The van der Waals surface area contributed by atoms with E-state index in [4.69, 9.17) is 5.73 Å². The molecule has 2 rings (SSSR count). The molecule has 0 unspecified atom stereocenters. The zero-order chi connectivity index (χ0) is 16.4. The van der Waals surface area contributed by atoms with Crippen molar-refractivity contribution in [2.75, 3.05) is 0 Å². The summed E-state index contributed by atoms with van der Waals surface area (Å²) in [5, 5.41) is 2.67. The average Bonchev–Trinajstić information content (AvgIpc) is 2.57. The maximum atomic E-state index is 12.0. The van der Waals surface area contributed by atoms with Crippen LogP contribution in [0.5, 0.6) is 0 Å². The second kappa shape index (κ2) is 9.34. The number of carbonyl (C=O) groups excluding carboxylic acids is 2. The van der Waals surface area contributed by atoms with Gasteiger partial charge in [-0.15, -0.1) is 0 Å². The second-order valence-corrected chi connectivity index (χ2v) is 4.48. The highest BCUT2D eigenvalue weighted by molar-refractivity contribution is 5.97. The van der Waals surface area contributed by atoms with Crippen molar-refractivity contribution < 1.29 is 12.4 Å². The van der Waals surface area contributed by atoms with Gasteiger partial charge in [0.2, 0.25) is 5.91 Å². The molecular formula is C18H26N2O2. The van der Waals surface area contributed by atoms with Crippen LogP contribution in [0, 0.1) is 0 Å². The van der Waals surface area contributed by atoms with Gasteiger partial charge >= 0.3 is 0 Å². The molecule has 0 aliphatic heterocycles. The molecule has 0 aliphatic rings. The summed E-state index contributed by atoms with van der Waals surface area (Å²) in [7, 11) is 0. The van der Waals surface area contributed by atoms with Crippen LogP contribution in [0.25, 0.3) is 0 Å². The summed E-state index contributed by atoms with van der Waals surface area (Å²) in [6.07, 6.45) is 0.384. The normalized spacial score (nSPS) is 10.8. The van der Waals surface area contributed by atoms with Gasteiger partial charge in [0, 0.05) is 14.8 Å². The number of primary amides is 1. The van der Waals surface area contributed by atoms with E-state index in [9.17, 15) is 9.59 Å². The molecule has 0 aliphatic carbocycles. The molecule has 4 nitrogen and oxygen atoms in total. The lowest BCUT2D eigenvalue weighted by atomic mass is 10.0. The minimum atomic E-state index is -0.717. The molecule has 0 bridgehead atoms. The summed E-state index contributed by atoms with van der Waals surface area (Å²) in [5.41, 5.74) is 6.81. The molecule has 0 saturated heterocycles. The molecule has 4 heteroatoms. The zero-order valence-corrected chi connectivity index (χ0v) is 13.0. The van der Waals surface area contributed by atoms with Gasteiger partial charge in [-0.3, -0.25) is 9.59 Å². The fourth-order valence-electron chi connectivity index (χ4n) is 1.90. The fraction of sp³-hybridized carbons (Fsp3) is 0.222. The molecule has 2 amide bonds. The van der Waals surface area contributed by atoms with Gasteiger partial charge in [0.25, 0.3) is 5.91 Å². The number of hydrogen-bond acceptors (Lipinski definition) is 2. The van der Waals surface area contributed by atoms with Gasteiger partial charge in [0.1, 0.15) is 6.04 Å². The lowest BCUT2D eigenvalue weighted by molar-refractivity contribution is -0.119. The molecule has 0 aromatic heterocycles. The van der Waals surface area contributed by atoms with E-state index in [-0.39, 0.29) is 8.76 Å². The number of hydrogen-bond donors (Lipinski definition) is 2. The Labute approximate surface area is 134 Å². The Balaban J connectivity index is 0. The minimum absolute atomic E-state index is 0. The van der Waals surface area contributed by atoms with E-state index in [2.05, 4.69) is 5.32 Å². The van der Waals surface area contributed by atoms with Crippen molar-refractivity contribution in [2.45, 2.75) is 26.3 Å². The van der Waals surface area contributed by atoms with Crippen molar-refractivity contribution in [1.82, 2.24) is 5.32 Å². The molecule has 2 aromatic carbocycles. The van der Waals surface area contributed by atoms with Crippen LogP contribution < -0.4 is 11.1 Å². The maximum Gasteiger partial charge on any atom is 0.251 e. The maximum absolute atomic E-state index is 12.0. The summed E-state index contributed by atoms with van der Waals surface area (Å²) in [6, 6.07) is 17.5. The summed E-state index contributed by atoms with van der Waals surface area (Å²) in [6.45, 7) is 4.00. The predicted octanol–water partition coefficient (Wildman–Crippen LogP) is 3.03. The number of nitrogens with one attached hydrogen (secondary N) is 1. The zero-order valence-electron chi connectivity index (χ0n) is 13.0. The van der Waals surface area contributed by atoms with Gasteiger partial charge in [-0.05, 0) is 17.7 Å². The Bertz CT molecular complexity index is 592. The Kier molecular flexibility index (Phi) is 7.40. The van der Waals surface area contributed by atoms with Gasteiger partial charge in [0.15, 0.2) is 0 Å². The van der Waals surface area contributed by atoms with Crippen LogP contribution in [0.4, 0.5) is 0 Å². The topological polar surface area (TPSA) is 72.2 Å². The molecule has 2 aromatic rings. The highest BCUT2D eigenvalue weighted by Gasteiger charge is 2.19. The van der Waals surface area contributed by atoms with Crippen LogP contribution in [0.2, 0.25) is 0 Å². The van der Waals surface area contributed by atoms with E-state index >= 15 is 0 Å². The molecule has 0 spiro atoms. The largest absolute Gasteiger partial charge is 0.368 e. The highest BCUT2D eigenvalue weighted by Crippen LogP contribution is 2.05. The third-order valence-corrected chi connectivity index (χ3v) is 2.97. The van der Waals surface area contributed by atoms with E-state index in [1.54, 1.807) is 24.3 Å². The van der Waals surface area contributed by atoms with Gasteiger partial charge in [0.05, 0.1) is 0 Å². The van der Waals surface area contributed by atoms with Crippen molar-refractivity contribution >= 4 is 11.8 Å². The van der Waals surface area contributed by atoms with E-state index in [1.807, 2.05) is 50.2 Å². The molecule has 22 heavy (non-hydrogen) atoms. The van der Waals surface area contributed by atoms with Crippen molar-refractivity contribution in [2.24, 2.45) is 5.73 Å². The van der Waals surface area contributed by atoms with Crippen LogP contribution in [-0.4, -0.2) is 17.9 Å². The molecule has 0 saturated carbocycles. The monoisotopic (exact) mass is 302 g/mol. The minimum Gasteiger partial charge on any atom is -0.368 e. The number of benzene rings is 2. The van der Waals surface area contributed by atoms with E-state index in [1.165, 1.54) is 0 Å². The third kappa shape index (κ3) is 5.40. The molecule has 120 valence electrons. The Hall–Kier alpha value is -2.62. The second-order valence-electron chi connectivity index (χ2n) is 4.48. The Morgan fingerprint density at radius 1 is 1.00 bits per heavy atom. The van der Waals surface area contributed by atoms with Gasteiger partial charge < -0.3 is 11.1 Å². The first-order chi connectivity index (χ1) is 10.7. The molecule has 3 N–H and O–H groups in total. The summed E-state index contributed by atoms with van der Waals surface area (Å²) < 4.78 is 0. The first kappa shape index (κ1) is 17.4. The van der Waals surface area contributed by atoms with Crippen LogP contribution in [0.15, 0.2) is 60.7 Å². The fourth-order valence-corrected chi connectivity index (χ4v) is 1.90. The molecular weight excluding hydrogens is 276 g/mol. The van der Waals surface area contributed by atoms with E-state index < -0.39 is 11.9 Å². The van der Waals surface area contributed by atoms with E-state index in [0.717, 1.165) is 5.56 Å². The summed E-state index contributed by atoms with van der Waals surface area (Å²) in [5.74, 6) is -0.844. The first-order valence-electron chi connectivity index (χ1n) is 7.36. The predicted molar refractivity (Wildman–Crippen MR) is 92.6 cm³/mol. The van der Waals surface area contributed by atoms with Crippen LogP contribution in [0.3, 0.4) is 0 Å². The molecule has 0 heterocycles. The lowest BCUT2D eigenvalue weighted by Crippen LogP contribution is -2.45. The van der Waals surface area contributed by atoms with Crippen molar-refractivity contribution in [1.29, 1.82) is 0 Å². The van der Waals surface area contributed by atoms with Crippen molar-refractivity contribution in [3.8, 4) is 0 Å². The van der Waals surface area contributed by atoms with Crippen molar-refractivity contribution in [3.63, 3.8) is 0 Å². The number of carbonyl (C=O) groups is 2. The van der Waals surface area contributed by atoms with Crippen molar-refractivity contribution in [3.05, 3.63) is 71.8 Å². The van der Waals surface area contributed by atoms with Gasteiger partial charge in [-0.1, -0.05) is 62.4 Å². The quantitative estimate of drug-likeness (QED) is 0.891. The highest BCUT2D eigenvalue weighted by atomic mass is 16.2. The Morgan fingerprint density at radius 3 is 2.00 bits per heavy atom. The SMILES string of the molecule is CC.NC(=O)[C@H](Cc1ccccc1)NC(=O)c1ccccc1.[HH].[HH]. The third-order valence-electron chi connectivity index (χ3n) is 2.97. The van der Waals surface area contributed by atoms with Crippen LogP contribution >= 0.6 is 0 Å². The number of amides is 2. The van der Waals surface area contributed by atoms with Gasteiger partial charge in [-0.25, -0.2) is 0 Å². The Morgan fingerprint density at radius 2 is 1.50 bits per heavy atom. The van der Waals surface area contributed by atoms with E-state index in [0.29, 0.717) is 12.0 Å². The lowest BCUT2D eigenvalue weighted by Gasteiger charge is -2.15. The summed E-state index contributed by atoms with van der Waals surface area (Å²) in [4.78, 5) is 23.5. The van der Waals surface area contributed by atoms with Crippen LogP contribution in [0.1, 0.15) is 32.6 Å². The average molecular weight is 302 g/mol. The molecule has 0 radical (unpaired) electrons. The summed E-state index contributed by atoms with van der Waals surface area (Å²) >= 11 is 0. The smallest absolute Gasteiger partial charge is 0.251 e. The first-order valence-corrected chi connectivity index (χ1v) is 7.36. The standard InChI is InChI=1S/C16H16N2O2.C2H6.2H2/c17-15(19)14(11-12-7-3-1-4-8-12)18-16(20)13-9-5-2-6-10-13;1-2;;/h1-10,14H,11H2,(H2,17,19)(H,18,20);1-2H3;2*1H/t14-;;;/m0.../s1. The number of rotatable bonds is 5. The van der Waals surface area contributed by atoms with Crippen LogP contribution in [-0.2, 0) is 11.2 Å². The molecule has 0 fully saturated rings. The number of nitrogens with two attached hydrogens (primary N) is 1.